The molecule has 0 radical (unpaired) electrons. The third-order valence-corrected chi connectivity index (χ3v) is 4.54. The van der Waals surface area contributed by atoms with E-state index in [9.17, 15) is 10.2 Å². The minimum absolute atomic E-state index is 0.130. The molecule has 2 N–H and O–H groups in total. The topological polar surface area (TPSA) is 52.8 Å². The molecule has 3 nitrogen and oxygen atoms in total. The number of halogens is 1. The van der Waals surface area contributed by atoms with Crippen LogP contribution >= 0.6 is 15.9 Å². The first-order valence-corrected chi connectivity index (χ1v) is 7.58. The number of phenolic OH excluding ortho intramolecular Hbond substituents is 2. The van der Waals surface area contributed by atoms with E-state index in [1.54, 1.807) is 12.3 Å². The van der Waals surface area contributed by atoms with Crippen molar-refractivity contribution in [3.8, 4) is 11.5 Å². The second-order valence-corrected chi connectivity index (χ2v) is 5.80. The second-order valence-electron chi connectivity index (χ2n) is 5.01. The number of hydrogen-bond donors (Lipinski definition) is 2. The maximum atomic E-state index is 10.2. The van der Waals surface area contributed by atoms with Gasteiger partial charge in [-0.3, -0.25) is 4.99 Å². The standard InChI is InChI=1S/C17H18BrNO2/c1-4-12-5-6-15(20)14(8-12)19-9-13-7-10(2)11(3)16(18)17(13)21/h5-9,20-21H,4H2,1-3H3. The Labute approximate surface area is 133 Å². The van der Waals surface area contributed by atoms with E-state index in [4.69, 9.17) is 0 Å². The van der Waals surface area contributed by atoms with Gasteiger partial charge in [-0.15, -0.1) is 0 Å². The molecule has 0 amide bonds. The predicted molar refractivity (Wildman–Crippen MR) is 90.0 cm³/mol. The van der Waals surface area contributed by atoms with Crippen molar-refractivity contribution in [3.05, 3.63) is 51.0 Å². The van der Waals surface area contributed by atoms with Crippen molar-refractivity contribution in [1.29, 1.82) is 0 Å². The fourth-order valence-corrected chi connectivity index (χ4v) is 2.56. The number of benzene rings is 2. The fourth-order valence-electron chi connectivity index (χ4n) is 2.02. The van der Waals surface area contributed by atoms with Crippen LogP contribution in [-0.2, 0) is 6.42 Å². The molecule has 0 heterocycles. The van der Waals surface area contributed by atoms with E-state index >= 15 is 0 Å². The average molecular weight is 348 g/mol. The lowest BCUT2D eigenvalue weighted by Gasteiger charge is -2.08. The van der Waals surface area contributed by atoms with Crippen LogP contribution in [0.4, 0.5) is 5.69 Å². The average Bonchev–Trinajstić information content (AvgIpc) is 2.49. The van der Waals surface area contributed by atoms with Gasteiger partial charge in [0, 0.05) is 11.8 Å². The third kappa shape index (κ3) is 3.27. The van der Waals surface area contributed by atoms with E-state index in [-0.39, 0.29) is 11.5 Å². The molecule has 0 aromatic heterocycles. The Morgan fingerprint density at radius 1 is 1.19 bits per heavy atom. The van der Waals surface area contributed by atoms with Gasteiger partial charge in [0.25, 0.3) is 0 Å². The highest BCUT2D eigenvalue weighted by molar-refractivity contribution is 9.10. The zero-order valence-corrected chi connectivity index (χ0v) is 13.9. The van der Waals surface area contributed by atoms with Crippen molar-refractivity contribution in [2.75, 3.05) is 0 Å². The number of hydrogen-bond acceptors (Lipinski definition) is 3. The maximum absolute atomic E-state index is 10.2. The summed E-state index contributed by atoms with van der Waals surface area (Å²) in [4.78, 5) is 4.30. The number of rotatable bonds is 3. The minimum Gasteiger partial charge on any atom is -0.506 e. The fraction of sp³-hybridized carbons (Fsp3) is 0.235. The Hall–Kier alpha value is -1.81. The van der Waals surface area contributed by atoms with Crippen molar-refractivity contribution >= 4 is 27.8 Å². The highest BCUT2D eigenvalue weighted by Crippen LogP contribution is 2.33. The lowest BCUT2D eigenvalue weighted by Crippen LogP contribution is -1.90. The molecule has 0 saturated heterocycles. The number of phenols is 2. The van der Waals surface area contributed by atoms with Gasteiger partial charge in [0.15, 0.2) is 0 Å². The van der Waals surface area contributed by atoms with Gasteiger partial charge in [-0.2, -0.15) is 0 Å². The molecule has 0 aliphatic heterocycles. The van der Waals surface area contributed by atoms with Gasteiger partial charge in [0.1, 0.15) is 17.2 Å². The van der Waals surface area contributed by atoms with E-state index in [0.29, 0.717) is 15.7 Å². The summed E-state index contributed by atoms with van der Waals surface area (Å²) in [7, 11) is 0. The van der Waals surface area contributed by atoms with Crippen LogP contribution in [0.1, 0.15) is 29.2 Å². The second kappa shape index (κ2) is 6.31. The zero-order chi connectivity index (χ0) is 15.6. The van der Waals surface area contributed by atoms with Gasteiger partial charge in [0.2, 0.25) is 0 Å². The molecule has 2 rings (SSSR count). The lowest BCUT2D eigenvalue weighted by atomic mass is 10.1. The first kappa shape index (κ1) is 15.6. The molecule has 0 saturated carbocycles. The summed E-state index contributed by atoms with van der Waals surface area (Å²) in [6.45, 7) is 5.97. The van der Waals surface area contributed by atoms with Gasteiger partial charge in [-0.05, 0) is 71.1 Å². The Bertz CT molecular complexity index is 708. The first-order valence-electron chi connectivity index (χ1n) is 6.78. The summed E-state index contributed by atoms with van der Waals surface area (Å²) in [6, 6.07) is 7.23. The molecule has 4 heteroatoms. The molecule has 0 spiro atoms. The first-order chi connectivity index (χ1) is 9.93. The Kier molecular flexibility index (Phi) is 4.68. The molecule has 110 valence electrons. The third-order valence-electron chi connectivity index (χ3n) is 3.56. The van der Waals surface area contributed by atoms with Crippen molar-refractivity contribution in [2.45, 2.75) is 27.2 Å². The maximum Gasteiger partial charge on any atom is 0.141 e. The quantitative estimate of drug-likeness (QED) is 0.784. The normalized spacial score (nSPS) is 11.2. The smallest absolute Gasteiger partial charge is 0.141 e. The largest absolute Gasteiger partial charge is 0.506 e. The molecular formula is C17H18BrNO2. The molecule has 0 aliphatic rings. The monoisotopic (exact) mass is 347 g/mol. The molecule has 0 bridgehead atoms. The molecule has 0 atom stereocenters. The van der Waals surface area contributed by atoms with Crippen LogP contribution in [0.5, 0.6) is 11.5 Å². The van der Waals surface area contributed by atoms with Crippen molar-refractivity contribution in [3.63, 3.8) is 0 Å². The SMILES string of the molecule is CCc1ccc(O)c(N=Cc2cc(C)c(C)c(Br)c2O)c1. The van der Waals surface area contributed by atoms with E-state index in [1.807, 2.05) is 39.0 Å². The van der Waals surface area contributed by atoms with Gasteiger partial charge in [-0.25, -0.2) is 0 Å². The van der Waals surface area contributed by atoms with E-state index < -0.39 is 0 Å². The Morgan fingerprint density at radius 3 is 2.57 bits per heavy atom. The minimum atomic E-state index is 0.130. The predicted octanol–water partition coefficient (Wildman–Crippen LogP) is 4.79. The van der Waals surface area contributed by atoms with Crippen LogP contribution in [0.2, 0.25) is 0 Å². The highest BCUT2D eigenvalue weighted by Gasteiger charge is 2.09. The summed E-state index contributed by atoms with van der Waals surface area (Å²) >= 11 is 3.38. The number of aryl methyl sites for hydroxylation is 2. The van der Waals surface area contributed by atoms with Crippen LogP contribution in [0.3, 0.4) is 0 Å². The van der Waals surface area contributed by atoms with E-state index in [2.05, 4.69) is 20.9 Å². The molecule has 0 fully saturated rings. The molecule has 2 aromatic rings. The van der Waals surface area contributed by atoms with Crippen LogP contribution in [0.25, 0.3) is 0 Å². The molecule has 21 heavy (non-hydrogen) atoms. The van der Waals surface area contributed by atoms with Crippen molar-refractivity contribution < 1.29 is 10.2 Å². The van der Waals surface area contributed by atoms with Gasteiger partial charge < -0.3 is 10.2 Å². The van der Waals surface area contributed by atoms with E-state index in [1.165, 1.54) is 0 Å². The Balaban J connectivity index is 2.43. The van der Waals surface area contributed by atoms with Gasteiger partial charge in [0.05, 0.1) is 4.47 Å². The summed E-state index contributed by atoms with van der Waals surface area (Å²) in [5.41, 5.74) is 4.29. The number of aromatic hydroxyl groups is 2. The van der Waals surface area contributed by atoms with Crippen molar-refractivity contribution in [2.24, 2.45) is 4.99 Å². The summed E-state index contributed by atoms with van der Waals surface area (Å²) < 4.78 is 0.676. The van der Waals surface area contributed by atoms with Crippen LogP contribution in [0, 0.1) is 13.8 Å². The van der Waals surface area contributed by atoms with Gasteiger partial charge >= 0.3 is 0 Å². The zero-order valence-electron chi connectivity index (χ0n) is 12.3. The summed E-state index contributed by atoms with van der Waals surface area (Å²) in [5.74, 6) is 0.291. The van der Waals surface area contributed by atoms with E-state index in [0.717, 1.165) is 23.1 Å². The molecule has 2 aromatic carbocycles. The number of nitrogens with zero attached hydrogens (tertiary/aromatic N) is 1. The van der Waals surface area contributed by atoms with Crippen molar-refractivity contribution in [1.82, 2.24) is 0 Å². The summed E-state index contributed by atoms with van der Waals surface area (Å²) in [5, 5.41) is 20.0. The van der Waals surface area contributed by atoms with Crippen LogP contribution < -0.4 is 0 Å². The lowest BCUT2D eigenvalue weighted by molar-refractivity contribution is 0.470. The van der Waals surface area contributed by atoms with Gasteiger partial charge in [-0.1, -0.05) is 13.0 Å². The molecule has 0 aliphatic carbocycles. The van der Waals surface area contributed by atoms with Crippen LogP contribution in [-0.4, -0.2) is 16.4 Å². The number of aliphatic imine (C=N–C) groups is 1. The molecular weight excluding hydrogens is 330 g/mol. The Morgan fingerprint density at radius 2 is 1.90 bits per heavy atom. The summed E-state index contributed by atoms with van der Waals surface area (Å²) in [6.07, 6.45) is 2.45. The molecule has 0 unspecified atom stereocenters. The van der Waals surface area contributed by atoms with Crippen LogP contribution in [0.15, 0.2) is 33.7 Å². The highest BCUT2D eigenvalue weighted by atomic mass is 79.9.